The molecule has 3 heterocycles. The summed E-state index contributed by atoms with van der Waals surface area (Å²) in [6, 6.07) is 16.6. The van der Waals surface area contributed by atoms with E-state index in [1.54, 1.807) is 19.5 Å². The van der Waals surface area contributed by atoms with Gasteiger partial charge in [0.2, 0.25) is 0 Å². The maximum absolute atomic E-state index is 5.73. The Balaban J connectivity index is 1.73. The minimum Gasteiger partial charge on any atom is -0.494 e. The lowest BCUT2D eigenvalue weighted by Gasteiger charge is -2.13. The minimum atomic E-state index is 0.608. The number of ether oxygens (including phenoxy) is 1. The van der Waals surface area contributed by atoms with Gasteiger partial charge in [-0.05, 0) is 53.6 Å². The SMILES string of the molecule is CNc1nc(-c2cccnc2)nc2c(OC)cc(-c3ccc4c(ccn4C)c3)cc12. The monoisotopic (exact) mass is 395 g/mol. The summed E-state index contributed by atoms with van der Waals surface area (Å²) in [5, 5.41) is 5.32. The fourth-order valence-corrected chi connectivity index (χ4v) is 3.80. The van der Waals surface area contributed by atoms with Crippen molar-refractivity contribution in [3.8, 4) is 28.3 Å². The average molecular weight is 395 g/mol. The summed E-state index contributed by atoms with van der Waals surface area (Å²) < 4.78 is 7.85. The molecule has 5 rings (SSSR count). The van der Waals surface area contributed by atoms with E-state index in [1.807, 2.05) is 25.2 Å². The van der Waals surface area contributed by atoms with Crippen LogP contribution < -0.4 is 10.1 Å². The Hall–Kier alpha value is -3.93. The number of hydrogen-bond donors (Lipinski definition) is 1. The van der Waals surface area contributed by atoms with Crippen LogP contribution in [0.1, 0.15) is 0 Å². The molecule has 0 fully saturated rings. The van der Waals surface area contributed by atoms with Gasteiger partial charge in [0.25, 0.3) is 0 Å². The van der Waals surface area contributed by atoms with Crippen LogP contribution in [0.3, 0.4) is 0 Å². The summed E-state index contributed by atoms with van der Waals surface area (Å²) in [4.78, 5) is 13.7. The van der Waals surface area contributed by atoms with E-state index in [4.69, 9.17) is 14.7 Å². The zero-order chi connectivity index (χ0) is 20.7. The van der Waals surface area contributed by atoms with Crippen LogP contribution in [0, 0.1) is 0 Å². The van der Waals surface area contributed by atoms with Crippen molar-refractivity contribution in [2.75, 3.05) is 19.5 Å². The molecule has 1 N–H and O–H groups in total. The van der Waals surface area contributed by atoms with Crippen LogP contribution in [0.5, 0.6) is 5.75 Å². The molecule has 148 valence electrons. The van der Waals surface area contributed by atoms with E-state index in [0.29, 0.717) is 11.6 Å². The first-order valence-electron chi connectivity index (χ1n) is 9.71. The number of hydrogen-bond acceptors (Lipinski definition) is 5. The van der Waals surface area contributed by atoms with Crippen LogP contribution in [0.2, 0.25) is 0 Å². The van der Waals surface area contributed by atoms with Gasteiger partial charge in [-0.15, -0.1) is 0 Å². The van der Waals surface area contributed by atoms with Crippen molar-refractivity contribution in [3.63, 3.8) is 0 Å². The smallest absolute Gasteiger partial charge is 0.163 e. The molecule has 0 saturated carbocycles. The summed E-state index contributed by atoms with van der Waals surface area (Å²) in [6.45, 7) is 0. The van der Waals surface area contributed by atoms with E-state index in [-0.39, 0.29) is 0 Å². The molecule has 0 saturated heterocycles. The molecule has 0 bridgehead atoms. The van der Waals surface area contributed by atoms with Crippen LogP contribution in [-0.2, 0) is 7.05 Å². The van der Waals surface area contributed by atoms with Crippen LogP contribution >= 0.6 is 0 Å². The molecule has 3 aromatic heterocycles. The third-order valence-corrected chi connectivity index (χ3v) is 5.36. The van der Waals surface area contributed by atoms with Crippen molar-refractivity contribution < 1.29 is 4.74 Å². The summed E-state index contributed by atoms with van der Waals surface area (Å²) in [5.41, 5.74) is 5.00. The molecule has 0 unspecified atom stereocenters. The van der Waals surface area contributed by atoms with E-state index in [2.05, 4.69) is 58.4 Å². The van der Waals surface area contributed by atoms with Crippen LogP contribution in [-0.4, -0.2) is 33.7 Å². The van der Waals surface area contributed by atoms with Gasteiger partial charge < -0.3 is 14.6 Å². The fourth-order valence-electron chi connectivity index (χ4n) is 3.80. The maximum Gasteiger partial charge on any atom is 0.163 e. The Morgan fingerprint density at radius 3 is 2.63 bits per heavy atom. The van der Waals surface area contributed by atoms with Crippen molar-refractivity contribution in [2.24, 2.45) is 7.05 Å². The molecule has 0 radical (unpaired) electrons. The number of pyridine rings is 1. The van der Waals surface area contributed by atoms with Crippen molar-refractivity contribution in [2.45, 2.75) is 0 Å². The number of rotatable bonds is 4. The molecular formula is C24H21N5O. The topological polar surface area (TPSA) is 64.9 Å². The van der Waals surface area contributed by atoms with Crippen molar-refractivity contribution in [3.05, 3.63) is 67.1 Å². The lowest BCUT2D eigenvalue weighted by atomic mass is 10.0. The minimum absolute atomic E-state index is 0.608. The van der Waals surface area contributed by atoms with E-state index < -0.39 is 0 Å². The zero-order valence-corrected chi connectivity index (χ0v) is 17.0. The molecule has 0 spiro atoms. The van der Waals surface area contributed by atoms with Crippen molar-refractivity contribution in [1.82, 2.24) is 19.5 Å². The Morgan fingerprint density at radius 1 is 0.967 bits per heavy atom. The first-order chi connectivity index (χ1) is 14.7. The standard InChI is InChI=1S/C24H21N5O/c1-25-24-19-12-18(15-6-7-20-16(11-15)8-10-29(20)2)13-21(30-3)22(19)27-23(28-24)17-5-4-9-26-14-17/h4-14H,1-3H3,(H,25,27,28). The number of aromatic nitrogens is 4. The third kappa shape index (κ3) is 2.93. The predicted octanol–water partition coefficient (Wildman–Crippen LogP) is 4.90. The summed E-state index contributed by atoms with van der Waals surface area (Å²) in [5.74, 6) is 2.07. The highest BCUT2D eigenvalue weighted by Gasteiger charge is 2.15. The summed E-state index contributed by atoms with van der Waals surface area (Å²) in [6.07, 6.45) is 5.57. The van der Waals surface area contributed by atoms with Crippen molar-refractivity contribution in [1.29, 1.82) is 0 Å². The van der Waals surface area contributed by atoms with Crippen LogP contribution in [0.4, 0.5) is 5.82 Å². The lowest BCUT2D eigenvalue weighted by Crippen LogP contribution is -2.01. The molecule has 5 aromatic rings. The number of nitrogens with zero attached hydrogens (tertiary/aromatic N) is 4. The van der Waals surface area contributed by atoms with Gasteiger partial charge in [-0.3, -0.25) is 4.98 Å². The highest BCUT2D eigenvalue weighted by Crippen LogP contribution is 2.36. The predicted molar refractivity (Wildman–Crippen MR) is 121 cm³/mol. The highest BCUT2D eigenvalue weighted by atomic mass is 16.5. The van der Waals surface area contributed by atoms with E-state index >= 15 is 0 Å². The van der Waals surface area contributed by atoms with Gasteiger partial charge in [0, 0.05) is 54.5 Å². The van der Waals surface area contributed by atoms with Crippen LogP contribution in [0.15, 0.2) is 67.1 Å². The highest BCUT2D eigenvalue weighted by molar-refractivity contribution is 5.98. The second-order valence-electron chi connectivity index (χ2n) is 7.16. The normalized spacial score (nSPS) is 11.2. The zero-order valence-electron chi connectivity index (χ0n) is 17.0. The molecule has 0 amide bonds. The molecule has 2 aromatic carbocycles. The molecule has 6 nitrogen and oxygen atoms in total. The van der Waals surface area contributed by atoms with E-state index in [1.165, 1.54) is 10.9 Å². The maximum atomic E-state index is 5.73. The second kappa shape index (κ2) is 7.15. The van der Waals surface area contributed by atoms with Crippen LogP contribution in [0.25, 0.3) is 44.3 Å². The van der Waals surface area contributed by atoms with Gasteiger partial charge in [0.15, 0.2) is 5.82 Å². The molecule has 30 heavy (non-hydrogen) atoms. The first-order valence-corrected chi connectivity index (χ1v) is 9.71. The van der Waals surface area contributed by atoms with Gasteiger partial charge in [-0.25, -0.2) is 9.97 Å². The first kappa shape index (κ1) is 18.1. The number of fused-ring (bicyclic) bond motifs is 2. The van der Waals surface area contributed by atoms with E-state index in [0.717, 1.165) is 33.4 Å². The summed E-state index contributed by atoms with van der Waals surface area (Å²) >= 11 is 0. The average Bonchev–Trinajstić information content (AvgIpc) is 3.18. The number of aryl methyl sites for hydroxylation is 1. The number of benzene rings is 2. The molecule has 0 aliphatic carbocycles. The third-order valence-electron chi connectivity index (χ3n) is 5.36. The Labute approximate surface area is 174 Å². The summed E-state index contributed by atoms with van der Waals surface area (Å²) in [7, 11) is 5.59. The molecule has 6 heteroatoms. The quantitative estimate of drug-likeness (QED) is 0.469. The molecule has 0 aliphatic heterocycles. The van der Waals surface area contributed by atoms with E-state index in [9.17, 15) is 0 Å². The van der Waals surface area contributed by atoms with Gasteiger partial charge in [-0.2, -0.15) is 0 Å². The van der Waals surface area contributed by atoms with Crippen molar-refractivity contribution >= 4 is 27.6 Å². The number of anilines is 1. The Kier molecular flexibility index (Phi) is 4.32. The molecule has 0 aliphatic rings. The largest absolute Gasteiger partial charge is 0.494 e. The number of methoxy groups -OCH3 is 1. The lowest BCUT2D eigenvalue weighted by molar-refractivity contribution is 0.419. The fraction of sp³-hybridized carbons (Fsp3) is 0.125. The van der Waals surface area contributed by atoms with Gasteiger partial charge in [0.1, 0.15) is 17.1 Å². The Morgan fingerprint density at radius 2 is 1.87 bits per heavy atom. The molecule has 0 atom stereocenters. The van der Waals surface area contributed by atoms with Gasteiger partial charge in [-0.1, -0.05) is 6.07 Å². The van der Waals surface area contributed by atoms with Gasteiger partial charge >= 0.3 is 0 Å². The number of nitrogens with one attached hydrogen (secondary N) is 1. The van der Waals surface area contributed by atoms with Gasteiger partial charge in [0.05, 0.1) is 7.11 Å². The molecular weight excluding hydrogens is 374 g/mol. The second-order valence-corrected chi connectivity index (χ2v) is 7.16. The Bertz CT molecular complexity index is 1380.